The Kier molecular flexibility index (Phi) is 6.07. The van der Waals surface area contributed by atoms with E-state index in [0.717, 1.165) is 38.2 Å². The van der Waals surface area contributed by atoms with Gasteiger partial charge in [-0.05, 0) is 37.9 Å². The molecule has 3 heteroatoms. The molecule has 0 aromatic heterocycles. The molecular formula is C17H23NO2. The maximum absolute atomic E-state index is 8.83. The summed E-state index contributed by atoms with van der Waals surface area (Å²) in [5.74, 6) is 5.76. The van der Waals surface area contributed by atoms with Crippen LogP contribution in [0.4, 0.5) is 0 Å². The number of aliphatic hydroxyl groups is 1. The highest BCUT2D eigenvalue weighted by Gasteiger charge is 2.20. The molecule has 0 spiro atoms. The number of rotatable bonds is 4. The first kappa shape index (κ1) is 15.1. The minimum Gasteiger partial charge on any atom is -0.384 e. The van der Waals surface area contributed by atoms with Gasteiger partial charge >= 0.3 is 0 Å². The van der Waals surface area contributed by atoms with E-state index in [1.807, 2.05) is 18.2 Å². The molecule has 0 saturated carbocycles. The molecule has 0 amide bonds. The van der Waals surface area contributed by atoms with Gasteiger partial charge in [-0.3, -0.25) is 4.90 Å². The van der Waals surface area contributed by atoms with Gasteiger partial charge in [0.15, 0.2) is 0 Å². The van der Waals surface area contributed by atoms with Crippen molar-refractivity contribution < 1.29 is 9.84 Å². The van der Waals surface area contributed by atoms with E-state index in [9.17, 15) is 0 Å². The van der Waals surface area contributed by atoms with E-state index in [1.54, 1.807) is 0 Å². The number of likely N-dealkylation sites (tertiary alicyclic amines) is 1. The van der Waals surface area contributed by atoms with Gasteiger partial charge in [0.05, 0.1) is 6.10 Å². The molecule has 1 aliphatic heterocycles. The Hall–Kier alpha value is -1.34. The summed E-state index contributed by atoms with van der Waals surface area (Å²) in [6, 6.07) is 8.17. The fraction of sp³-hybridized carbons (Fsp3) is 0.529. The van der Waals surface area contributed by atoms with Crippen molar-refractivity contribution >= 4 is 0 Å². The Morgan fingerprint density at radius 3 is 3.05 bits per heavy atom. The number of benzene rings is 1. The predicted octanol–water partition coefficient (Wildman–Crippen LogP) is 2.03. The lowest BCUT2D eigenvalue weighted by Gasteiger charge is -2.32. The lowest BCUT2D eigenvalue weighted by Crippen LogP contribution is -2.39. The molecule has 0 bridgehead atoms. The van der Waals surface area contributed by atoms with Crippen LogP contribution < -0.4 is 0 Å². The minimum absolute atomic E-state index is 0.0928. The maximum atomic E-state index is 8.83. The molecule has 1 fully saturated rings. The van der Waals surface area contributed by atoms with Gasteiger partial charge in [0.25, 0.3) is 0 Å². The predicted molar refractivity (Wildman–Crippen MR) is 80.3 cm³/mol. The Morgan fingerprint density at radius 2 is 2.25 bits per heavy atom. The molecule has 20 heavy (non-hydrogen) atoms. The van der Waals surface area contributed by atoms with Gasteiger partial charge in [-0.1, -0.05) is 30.0 Å². The van der Waals surface area contributed by atoms with Crippen molar-refractivity contribution in [3.63, 3.8) is 0 Å². The first-order valence-corrected chi connectivity index (χ1v) is 7.35. The number of nitrogens with zero attached hydrogens (tertiary/aromatic N) is 1. The smallest absolute Gasteiger partial charge is 0.104 e. The number of piperidine rings is 1. The second-order valence-corrected chi connectivity index (χ2v) is 5.07. The van der Waals surface area contributed by atoms with Crippen molar-refractivity contribution in [3.05, 3.63) is 35.4 Å². The molecule has 1 aromatic rings. The van der Waals surface area contributed by atoms with Crippen LogP contribution in [-0.2, 0) is 11.3 Å². The Morgan fingerprint density at radius 1 is 1.40 bits per heavy atom. The molecule has 108 valence electrons. The highest BCUT2D eigenvalue weighted by atomic mass is 16.5. The number of hydrogen-bond donors (Lipinski definition) is 1. The lowest BCUT2D eigenvalue weighted by atomic mass is 10.0. The summed E-state index contributed by atoms with van der Waals surface area (Å²) in [5.41, 5.74) is 2.24. The molecule has 1 aliphatic rings. The zero-order valence-electron chi connectivity index (χ0n) is 12.1. The molecule has 1 atom stereocenters. The minimum atomic E-state index is -0.0928. The van der Waals surface area contributed by atoms with Gasteiger partial charge in [-0.15, -0.1) is 0 Å². The summed E-state index contributed by atoms with van der Waals surface area (Å²) < 4.78 is 5.74. The summed E-state index contributed by atoms with van der Waals surface area (Å²) in [7, 11) is 0. The van der Waals surface area contributed by atoms with Gasteiger partial charge in [-0.2, -0.15) is 0 Å². The third-order valence-corrected chi connectivity index (χ3v) is 3.58. The Bertz CT molecular complexity index is 473. The average Bonchev–Trinajstić information content (AvgIpc) is 2.47. The molecule has 1 saturated heterocycles. The van der Waals surface area contributed by atoms with Crippen LogP contribution in [-0.4, -0.2) is 42.4 Å². The third-order valence-electron chi connectivity index (χ3n) is 3.58. The summed E-state index contributed by atoms with van der Waals surface area (Å²) in [5, 5.41) is 8.83. The summed E-state index contributed by atoms with van der Waals surface area (Å²) in [6.45, 7) is 5.76. The second kappa shape index (κ2) is 8.06. The van der Waals surface area contributed by atoms with Gasteiger partial charge < -0.3 is 9.84 Å². The highest BCUT2D eigenvalue weighted by Crippen LogP contribution is 2.17. The first-order chi connectivity index (χ1) is 9.83. The van der Waals surface area contributed by atoms with E-state index >= 15 is 0 Å². The molecule has 1 unspecified atom stereocenters. The zero-order chi connectivity index (χ0) is 14.2. The fourth-order valence-corrected chi connectivity index (χ4v) is 2.68. The van der Waals surface area contributed by atoms with Gasteiger partial charge in [0.2, 0.25) is 0 Å². The van der Waals surface area contributed by atoms with Crippen LogP contribution in [0.1, 0.15) is 30.9 Å². The van der Waals surface area contributed by atoms with E-state index in [0.29, 0.717) is 6.10 Å². The summed E-state index contributed by atoms with van der Waals surface area (Å²) >= 11 is 0. The largest absolute Gasteiger partial charge is 0.384 e. The maximum Gasteiger partial charge on any atom is 0.104 e. The SMILES string of the molecule is CCOC1CCCN(Cc2ccccc2C#CCO)C1. The molecule has 1 N–H and O–H groups in total. The van der Waals surface area contributed by atoms with Crippen molar-refractivity contribution in [1.29, 1.82) is 0 Å². The first-order valence-electron chi connectivity index (χ1n) is 7.35. The van der Waals surface area contributed by atoms with Crippen molar-refractivity contribution in [2.45, 2.75) is 32.4 Å². The number of ether oxygens (including phenoxy) is 1. The molecule has 1 heterocycles. The average molecular weight is 273 g/mol. The molecule has 2 rings (SSSR count). The van der Waals surface area contributed by atoms with Crippen molar-refractivity contribution in [3.8, 4) is 11.8 Å². The summed E-state index contributed by atoms with van der Waals surface area (Å²) in [6.07, 6.45) is 2.72. The lowest BCUT2D eigenvalue weighted by molar-refractivity contribution is 0.00361. The van der Waals surface area contributed by atoms with Crippen LogP contribution in [0.3, 0.4) is 0 Å². The van der Waals surface area contributed by atoms with E-state index in [-0.39, 0.29) is 6.61 Å². The quantitative estimate of drug-likeness (QED) is 0.852. The van der Waals surface area contributed by atoms with Crippen LogP contribution in [0.25, 0.3) is 0 Å². The Labute approximate surface area is 121 Å². The van der Waals surface area contributed by atoms with Crippen LogP contribution in [0, 0.1) is 11.8 Å². The van der Waals surface area contributed by atoms with Crippen molar-refractivity contribution in [2.75, 3.05) is 26.3 Å². The van der Waals surface area contributed by atoms with Crippen molar-refractivity contribution in [1.82, 2.24) is 4.90 Å². The standard InChI is InChI=1S/C17H23NO2/c1-2-20-17-10-5-11-18(14-17)13-16-8-4-3-7-15(16)9-6-12-19/h3-4,7-8,17,19H,2,5,10-14H2,1H3. The third kappa shape index (κ3) is 4.35. The van der Waals surface area contributed by atoms with Gasteiger partial charge in [0, 0.05) is 25.3 Å². The molecular weight excluding hydrogens is 250 g/mol. The van der Waals surface area contributed by atoms with Gasteiger partial charge in [0.1, 0.15) is 6.61 Å². The molecule has 0 aliphatic carbocycles. The van der Waals surface area contributed by atoms with E-state index in [2.05, 4.69) is 29.7 Å². The second-order valence-electron chi connectivity index (χ2n) is 5.07. The summed E-state index contributed by atoms with van der Waals surface area (Å²) in [4.78, 5) is 2.43. The Balaban J connectivity index is 2.02. The fourth-order valence-electron chi connectivity index (χ4n) is 2.68. The van der Waals surface area contributed by atoms with Crippen LogP contribution in [0.2, 0.25) is 0 Å². The van der Waals surface area contributed by atoms with Crippen LogP contribution in [0.15, 0.2) is 24.3 Å². The molecule has 3 nitrogen and oxygen atoms in total. The van der Waals surface area contributed by atoms with Gasteiger partial charge in [-0.25, -0.2) is 0 Å². The monoisotopic (exact) mass is 273 g/mol. The topological polar surface area (TPSA) is 32.7 Å². The van der Waals surface area contributed by atoms with E-state index in [1.165, 1.54) is 12.0 Å². The highest BCUT2D eigenvalue weighted by molar-refractivity contribution is 5.41. The zero-order valence-corrected chi connectivity index (χ0v) is 12.1. The molecule has 1 aromatic carbocycles. The normalized spacial score (nSPS) is 19.4. The molecule has 0 radical (unpaired) electrons. The van der Waals surface area contributed by atoms with E-state index < -0.39 is 0 Å². The van der Waals surface area contributed by atoms with Crippen molar-refractivity contribution in [2.24, 2.45) is 0 Å². The van der Waals surface area contributed by atoms with Crippen LogP contribution >= 0.6 is 0 Å². The number of hydrogen-bond acceptors (Lipinski definition) is 3. The number of aliphatic hydroxyl groups excluding tert-OH is 1. The van der Waals surface area contributed by atoms with Crippen LogP contribution in [0.5, 0.6) is 0 Å². The van der Waals surface area contributed by atoms with E-state index in [4.69, 9.17) is 9.84 Å².